The molecule has 6 rings (SSSR count). The lowest BCUT2D eigenvalue weighted by atomic mass is 9.96. The van der Waals surface area contributed by atoms with E-state index in [9.17, 15) is 18.0 Å². The lowest BCUT2D eigenvalue weighted by Gasteiger charge is -2.30. The lowest BCUT2D eigenvalue weighted by Crippen LogP contribution is -2.37. The Balaban J connectivity index is 1.11. The number of halogens is 3. The number of piperidine rings is 1. The third-order valence-electron chi connectivity index (χ3n) is 6.82. The molecule has 0 saturated carbocycles. The molecule has 5 aromatic rings. The van der Waals surface area contributed by atoms with E-state index in [0.717, 1.165) is 50.4 Å². The third kappa shape index (κ3) is 4.62. The van der Waals surface area contributed by atoms with Crippen LogP contribution in [-0.2, 0) is 12.7 Å². The van der Waals surface area contributed by atoms with Crippen molar-refractivity contribution >= 4 is 27.2 Å². The SMILES string of the molecule is O=c1c2ccccc2ncn1CCN1CCC(c2nnc3sc(-c4ccc(C(F)(F)F)cc4)nn23)CC1. The summed E-state index contributed by atoms with van der Waals surface area (Å²) in [5.74, 6) is 0.956. The second kappa shape index (κ2) is 9.34. The highest BCUT2D eigenvalue weighted by Crippen LogP contribution is 2.33. The molecule has 4 heterocycles. The summed E-state index contributed by atoms with van der Waals surface area (Å²) in [5, 5.41) is 14.5. The fourth-order valence-corrected chi connectivity index (χ4v) is 5.59. The first-order chi connectivity index (χ1) is 17.9. The predicted octanol–water partition coefficient (Wildman–Crippen LogP) is 4.46. The minimum absolute atomic E-state index is 0.0290. The van der Waals surface area contributed by atoms with Gasteiger partial charge >= 0.3 is 6.18 Å². The number of rotatable bonds is 5. The van der Waals surface area contributed by atoms with Gasteiger partial charge in [0.05, 0.1) is 22.8 Å². The Labute approximate surface area is 213 Å². The molecule has 0 aliphatic carbocycles. The zero-order chi connectivity index (χ0) is 25.6. The van der Waals surface area contributed by atoms with Crippen molar-refractivity contribution < 1.29 is 13.2 Å². The summed E-state index contributed by atoms with van der Waals surface area (Å²) >= 11 is 1.31. The number of hydrogen-bond acceptors (Lipinski definition) is 7. The van der Waals surface area contributed by atoms with Gasteiger partial charge < -0.3 is 4.90 Å². The van der Waals surface area contributed by atoms with Crippen LogP contribution >= 0.6 is 11.3 Å². The van der Waals surface area contributed by atoms with Gasteiger partial charge in [0.25, 0.3) is 5.56 Å². The molecule has 0 atom stereocenters. The molecule has 12 heteroatoms. The highest BCUT2D eigenvalue weighted by atomic mass is 32.1. The normalized spacial score (nSPS) is 15.6. The van der Waals surface area contributed by atoms with Crippen LogP contribution in [0.3, 0.4) is 0 Å². The van der Waals surface area contributed by atoms with Crippen molar-refractivity contribution in [1.82, 2.24) is 34.3 Å². The van der Waals surface area contributed by atoms with Crippen LogP contribution in [0.2, 0.25) is 0 Å². The molecular formula is C25H22F3N7OS. The van der Waals surface area contributed by atoms with Gasteiger partial charge in [0.2, 0.25) is 4.96 Å². The molecule has 2 aromatic carbocycles. The monoisotopic (exact) mass is 525 g/mol. The molecule has 0 amide bonds. The topological polar surface area (TPSA) is 81.2 Å². The second-order valence-corrected chi connectivity index (χ2v) is 10.1. The standard InChI is InChI=1S/C25H22F3N7OS/c26-25(27,28)18-7-5-17(6-8-18)22-32-35-21(30-31-24(35)37-22)16-9-11-33(12-10-16)13-14-34-15-29-20-4-2-1-3-19(20)23(34)36/h1-8,15-16H,9-14H2. The molecule has 1 aliphatic heterocycles. The van der Waals surface area contributed by atoms with E-state index in [2.05, 4.69) is 25.2 Å². The van der Waals surface area contributed by atoms with Gasteiger partial charge in [-0.25, -0.2) is 4.98 Å². The number of hydrogen-bond donors (Lipinski definition) is 0. The molecule has 8 nitrogen and oxygen atoms in total. The molecule has 190 valence electrons. The molecule has 0 unspecified atom stereocenters. The molecule has 1 fully saturated rings. The maximum Gasteiger partial charge on any atom is 0.416 e. The van der Waals surface area contributed by atoms with E-state index in [-0.39, 0.29) is 11.5 Å². The van der Waals surface area contributed by atoms with E-state index < -0.39 is 11.7 Å². The van der Waals surface area contributed by atoms with Gasteiger partial charge in [-0.05, 0) is 50.2 Å². The highest BCUT2D eigenvalue weighted by molar-refractivity contribution is 7.19. The van der Waals surface area contributed by atoms with Crippen molar-refractivity contribution in [2.24, 2.45) is 0 Å². The molecule has 3 aromatic heterocycles. The Morgan fingerprint density at radius 2 is 1.73 bits per heavy atom. The van der Waals surface area contributed by atoms with Crippen molar-refractivity contribution in [1.29, 1.82) is 0 Å². The predicted molar refractivity (Wildman–Crippen MR) is 134 cm³/mol. The molecule has 1 aliphatic rings. The number of fused-ring (bicyclic) bond motifs is 2. The van der Waals surface area contributed by atoms with Gasteiger partial charge in [0, 0.05) is 24.6 Å². The first-order valence-electron chi connectivity index (χ1n) is 11.9. The smallest absolute Gasteiger partial charge is 0.302 e. The van der Waals surface area contributed by atoms with Crippen LogP contribution in [0.5, 0.6) is 0 Å². The van der Waals surface area contributed by atoms with Crippen LogP contribution in [0.4, 0.5) is 13.2 Å². The van der Waals surface area contributed by atoms with Gasteiger partial charge in [0.1, 0.15) is 5.01 Å². The van der Waals surface area contributed by atoms with E-state index in [0.29, 0.717) is 33.0 Å². The summed E-state index contributed by atoms with van der Waals surface area (Å²) in [6.07, 6.45) is -1.01. The Hall–Kier alpha value is -3.64. The minimum Gasteiger partial charge on any atom is -0.302 e. The van der Waals surface area contributed by atoms with Gasteiger partial charge in [0.15, 0.2) is 5.82 Å². The fourth-order valence-electron chi connectivity index (χ4n) is 4.73. The molecule has 37 heavy (non-hydrogen) atoms. The quantitative estimate of drug-likeness (QED) is 0.337. The van der Waals surface area contributed by atoms with E-state index in [1.54, 1.807) is 21.5 Å². The summed E-state index contributed by atoms with van der Waals surface area (Å²) in [6, 6.07) is 12.3. The Kier molecular flexibility index (Phi) is 6.00. The van der Waals surface area contributed by atoms with E-state index in [4.69, 9.17) is 0 Å². The maximum atomic E-state index is 12.9. The van der Waals surface area contributed by atoms with Gasteiger partial charge in [-0.1, -0.05) is 35.6 Å². The van der Waals surface area contributed by atoms with Crippen LogP contribution in [0.1, 0.15) is 30.1 Å². The molecular weight excluding hydrogens is 503 g/mol. The van der Waals surface area contributed by atoms with Gasteiger partial charge in [-0.15, -0.1) is 10.2 Å². The van der Waals surface area contributed by atoms with Crippen molar-refractivity contribution in [3.8, 4) is 10.6 Å². The number of alkyl halides is 3. The zero-order valence-electron chi connectivity index (χ0n) is 19.6. The van der Waals surface area contributed by atoms with Gasteiger partial charge in [-0.3, -0.25) is 9.36 Å². The lowest BCUT2D eigenvalue weighted by molar-refractivity contribution is -0.137. The Bertz CT molecular complexity index is 1620. The maximum absolute atomic E-state index is 12.9. The van der Waals surface area contributed by atoms with Crippen LogP contribution in [0.15, 0.2) is 59.7 Å². The van der Waals surface area contributed by atoms with Crippen molar-refractivity contribution in [3.05, 3.63) is 76.6 Å². The van der Waals surface area contributed by atoms with Crippen LogP contribution in [-0.4, -0.2) is 53.9 Å². The second-order valence-electron chi connectivity index (χ2n) is 9.11. The number of nitrogens with zero attached hydrogens (tertiary/aromatic N) is 7. The number of benzene rings is 2. The van der Waals surface area contributed by atoms with Crippen LogP contribution in [0.25, 0.3) is 26.4 Å². The van der Waals surface area contributed by atoms with Crippen molar-refractivity contribution in [3.63, 3.8) is 0 Å². The number of aromatic nitrogens is 6. The first kappa shape index (κ1) is 23.7. The van der Waals surface area contributed by atoms with E-state index in [1.165, 1.54) is 23.5 Å². The van der Waals surface area contributed by atoms with Gasteiger partial charge in [-0.2, -0.15) is 22.8 Å². The van der Waals surface area contributed by atoms with E-state index in [1.807, 2.05) is 18.2 Å². The van der Waals surface area contributed by atoms with Crippen molar-refractivity contribution in [2.45, 2.75) is 31.5 Å². The average Bonchev–Trinajstić information content (AvgIpc) is 3.50. The third-order valence-corrected chi connectivity index (χ3v) is 7.76. The molecule has 0 N–H and O–H groups in total. The molecule has 1 saturated heterocycles. The fraction of sp³-hybridized carbons (Fsp3) is 0.320. The number of likely N-dealkylation sites (tertiary alicyclic amines) is 1. The Morgan fingerprint density at radius 3 is 2.49 bits per heavy atom. The molecule has 0 radical (unpaired) electrons. The minimum atomic E-state index is -4.37. The first-order valence-corrected chi connectivity index (χ1v) is 12.7. The zero-order valence-corrected chi connectivity index (χ0v) is 20.4. The summed E-state index contributed by atoms with van der Waals surface area (Å²) in [4.78, 5) is 20.1. The summed E-state index contributed by atoms with van der Waals surface area (Å²) in [6.45, 7) is 3.02. The highest BCUT2D eigenvalue weighted by Gasteiger charge is 2.30. The largest absolute Gasteiger partial charge is 0.416 e. The van der Waals surface area contributed by atoms with Crippen LogP contribution < -0.4 is 5.56 Å². The number of para-hydroxylation sites is 1. The average molecular weight is 526 g/mol. The van der Waals surface area contributed by atoms with Crippen LogP contribution in [0, 0.1) is 0 Å². The summed E-state index contributed by atoms with van der Waals surface area (Å²) < 4.78 is 42.0. The Morgan fingerprint density at radius 1 is 0.973 bits per heavy atom. The summed E-state index contributed by atoms with van der Waals surface area (Å²) in [7, 11) is 0. The molecule has 0 spiro atoms. The van der Waals surface area contributed by atoms with E-state index >= 15 is 0 Å². The summed E-state index contributed by atoms with van der Waals surface area (Å²) in [5.41, 5.74) is 0.600. The molecule has 0 bridgehead atoms. The van der Waals surface area contributed by atoms with Crippen molar-refractivity contribution in [2.75, 3.05) is 19.6 Å².